The number of nitrogens with zero attached hydrogens (tertiary/aromatic N) is 2. The zero-order chi connectivity index (χ0) is 30.4. The second kappa shape index (κ2) is 13.4. The lowest BCUT2D eigenvalue weighted by molar-refractivity contribution is -0.274. The summed E-state index contributed by atoms with van der Waals surface area (Å²) in [7, 11) is 1.21. The molecule has 0 saturated carbocycles. The molecule has 2 aliphatic heterocycles. The van der Waals surface area contributed by atoms with E-state index < -0.39 is 42.0 Å². The van der Waals surface area contributed by atoms with Crippen molar-refractivity contribution in [3.63, 3.8) is 0 Å². The van der Waals surface area contributed by atoms with Gasteiger partial charge in [0.05, 0.1) is 7.11 Å². The minimum absolute atomic E-state index is 0.0170. The van der Waals surface area contributed by atoms with Gasteiger partial charge in [0.2, 0.25) is 11.8 Å². The van der Waals surface area contributed by atoms with E-state index in [0.717, 1.165) is 12.8 Å². The molecule has 3 rings (SSSR count). The number of ether oxygens (including phenoxy) is 3. The SMILES string of the molecule is COC(=O)C1CC(Cc2ccc(OC(F)(F)F)cc2)CN1C(=O)C(CCC(=O)N1CCCC1)NC(=O)OC(C)(C)C. The highest BCUT2D eigenvalue weighted by molar-refractivity contribution is 5.91. The molecule has 1 N–H and O–H groups in total. The molecule has 228 valence electrons. The molecule has 1 aromatic carbocycles. The van der Waals surface area contributed by atoms with Gasteiger partial charge in [-0.3, -0.25) is 9.59 Å². The van der Waals surface area contributed by atoms with Crippen LogP contribution in [0.25, 0.3) is 0 Å². The summed E-state index contributed by atoms with van der Waals surface area (Å²) in [5.74, 6) is -1.86. The average Bonchev–Trinajstić information content (AvgIpc) is 3.55. The number of alkyl halides is 3. The average molecular weight is 586 g/mol. The number of carbonyl (C=O) groups excluding carboxylic acids is 4. The fraction of sp³-hybridized carbons (Fsp3) is 0.643. The van der Waals surface area contributed by atoms with E-state index in [1.54, 1.807) is 25.7 Å². The van der Waals surface area contributed by atoms with E-state index in [1.165, 1.54) is 36.3 Å². The van der Waals surface area contributed by atoms with Crippen molar-refractivity contribution in [3.8, 4) is 5.75 Å². The van der Waals surface area contributed by atoms with Crippen molar-refractivity contribution in [2.45, 2.75) is 83.3 Å². The third-order valence-electron chi connectivity index (χ3n) is 6.92. The molecule has 2 fully saturated rings. The van der Waals surface area contributed by atoms with E-state index in [4.69, 9.17) is 9.47 Å². The second-order valence-electron chi connectivity index (χ2n) is 11.4. The Morgan fingerprint density at radius 3 is 2.24 bits per heavy atom. The highest BCUT2D eigenvalue weighted by Crippen LogP contribution is 2.30. The standard InChI is InChI=1S/C28H38F3N3O7/c1-27(2,3)41-26(38)32-21(11-12-23(35)33-13-5-6-14-33)24(36)34-17-19(16-22(34)25(37)39-4)15-18-7-9-20(10-8-18)40-28(29,30)31/h7-10,19,21-22H,5-6,11-17H2,1-4H3,(H,32,38). The molecule has 10 nitrogen and oxygen atoms in total. The maximum atomic E-state index is 13.8. The van der Waals surface area contributed by atoms with Crippen LogP contribution in [-0.4, -0.2) is 84.5 Å². The number of likely N-dealkylation sites (tertiary alicyclic amines) is 2. The van der Waals surface area contributed by atoms with Crippen molar-refractivity contribution in [3.05, 3.63) is 29.8 Å². The maximum absolute atomic E-state index is 13.8. The lowest BCUT2D eigenvalue weighted by Crippen LogP contribution is -2.53. The van der Waals surface area contributed by atoms with E-state index in [1.807, 2.05) is 0 Å². The van der Waals surface area contributed by atoms with Gasteiger partial charge in [0.15, 0.2) is 0 Å². The van der Waals surface area contributed by atoms with Crippen molar-refractivity contribution >= 4 is 23.9 Å². The largest absolute Gasteiger partial charge is 0.573 e. The topological polar surface area (TPSA) is 114 Å². The van der Waals surface area contributed by atoms with Gasteiger partial charge in [0.25, 0.3) is 0 Å². The molecule has 3 atom stereocenters. The molecule has 41 heavy (non-hydrogen) atoms. The van der Waals surface area contributed by atoms with Gasteiger partial charge in [0.1, 0.15) is 23.4 Å². The van der Waals surface area contributed by atoms with Crippen molar-refractivity contribution < 1.29 is 46.6 Å². The molecule has 13 heteroatoms. The summed E-state index contributed by atoms with van der Waals surface area (Å²) in [6.45, 7) is 6.49. The Hall–Kier alpha value is -3.51. The van der Waals surface area contributed by atoms with Crippen molar-refractivity contribution in [1.82, 2.24) is 15.1 Å². The van der Waals surface area contributed by atoms with Crippen LogP contribution in [0.15, 0.2) is 24.3 Å². The zero-order valence-corrected chi connectivity index (χ0v) is 23.8. The number of halogens is 3. The third-order valence-corrected chi connectivity index (χ3v) is 6.92. The monoisotopic (exact) mass is 585 g/mol. The number of esters is 1. The van der Waals surface area contributed by atoms with Crippen LogP contribution in [0.3, 0.4) is 0 Å². The highest BCUT2D eigenvalue weighted by Gasteiger charge is 2.43. The predicted molar refractivity (Wildman–Crippen MR) is 141 cm³/mol. The Morgan fingerprint density at radius 1 is 1.05 bits per heavy atom. The fourth-order valence-corrected chi connectivity index (χ4v) is 5.13. The van der Waals surface area contributed by atoms with Crippen LogP contribution in [0.1, 0.15) is 58.4 Å². The lowest BCUT2D eigenvalue weighted by Gasteiger charge is -2.29. The molecule has 1 aromatic rings. The van der Waals surface area contributed by atoms with Gasteiger partial charge >= 0.3 is 18.4 Å². The number of carbonyl (C=O) groups is 4. The number of rotatable bonds is 9. The van der Waals surface area contributed by atoms with Gasteiger partial charge in [-0.05, 0) is 76.5 Å². The molecular weight excluding hydrogens is 547 g/mol. The summed E-state index contributed by atoms with van der Waals surface area (Å²) in [5, 5.41) is 2.58. The van der Waals surface area contributed by atoms with Gasteiger partial charge in [-0.25, -0.2) is 9.59 Å². The third kappa shape index (κ3) is 9.82. The first-order valence-corrected chi connectivity index (χ1v) is 13.7. The number of hydrogen-bond donors (Lipinski definition) is 1. The summed E-state index contributed by atoms with van der Waals surface area (Å²) in [6, 6.07) is 3.35. The molecule has 0 aromatic heterocycles. The first-order chi connectivity index (χ1) is 19.1. The fourth-order valence-electron chi connectivity index (χ4n) is 5.13. The van der Waals surface area contributed by atoms with E-state index in [2.05, 4.69) is 10.1 Å². The number of benzene rings is 1. The minimum Gasteiger partial charge on any atom is -0.467 e. The van der Waals surface area contributed by atoms with Gasteiger partial charge in [0, 0.05) is 26.1 Å². The van der Waals surface area contributed by atoms with Crippen LogP contribution in [-0.2, 0) is 30.3 Å². The maximum Gasteiger partial charge on any atom is 0.573 e. The summed E-state index contributed by atoms with van der Waals surface area (Å²) >= 11 is 0. The Balaban J connectivity index is 1.74. The van der Waals surface area contributed by atoms with Gasteiger partial charge in [-0.15, -0.1) is 13.2 Å². The number of amides is 3. The molecule has 0 radical (unpaired) electrons. The Bertz CT molecular complexity index is 1080. The van der Waals surface area contributed by atoms with Crippen LogP contribution in [0.2, 0.25) is 0 Å². The second-order valence-corrected chi connectivity index (χ2v) is 11.4. The summed E-state index contributed by atoms with van der Waals surface area (Å²) in [5.41, 5.74) is -0.126. The Labute approximate surface area is 237 Å². The Morgan fingerprint density at radius 2 is 1.68 bits per heavy atom. The smallest absolute Gasteiger partial charge is 0.467 e. The number of alkyl carbamates (subject to hydrolysis) is 1. The minimum atomic E-state index is -4.80. The molecule has 0 bridgehead atoms. The molecular formula is C28H38F3N3O7. The van der Waals surface area contributed by atoms with Crippen molar-refractivity contribution in [1.29, 1.82) is 0 Å². The van der Waals surface area contributed by atoms with Crippen LogP contribution in [0.4, 0.5) is 18.0 Å². The van der Waals surface area contributed by atoms with E-state index in [9.17, 15) is 32.3 Å². The van der Waals surface area contributed by atoms with E-state index >= 15 is 0 Å². The van der Waals surface area contributed by atoms with Crippen LogP contribution < -0.4 is 10.1 Å². The Kier molecular flexibility index (Phi) is 10.5. The molecule has 0 spiro atoms. The molecule has 0 aliphatic carbocycles. The van der Waals surface area contributed by atoms with Gasteiger partial charge < -0.3 is 29.3 Å². The lowest BCUT2D eigenvalue weighted by atomic mass is 9.97. The predicted octanol–water partition coefficient (Wildman–Crippen LogP) is 3.81. The van der Waals surface area contributed by atoms with Gasteiger partial charge in [-0.2, -0.15) is 0 Å². The van der Waals surface area contributed by atoms with Crippen molar-refractivity contribution in [2.24, 2.45) is 5.92 Å². The summed E-state index contributed by atoms with van der Waals surface area (Å²) in [4.78, 5) is 54.8. The van der Waals surface area contributed by atoms with Crippen LogP contribution in [0, 0.1) is 5.92 Å². The normalized spacial score (nSPS) is 20.0. The van der Waals surface area contributed by atoms with Crippen LogP contribution >= 0.6 is 0 Å². The first-order valence-electron chi connectivity index (χ1n) is 13.7. The van der Waals surface area contributed by atoms with Crippen LogP contribution in [0.5, 0.6) is 5.75 Å². The van der Waals surface area contributed by atoms with E-state index in [-0.39, 0.29) is 43.4 Å². The highest BCUT2D eigenvalue weighted by atomic mass is 19.4. The summed E-state index contributed by atoms with van der Waals surface area (Å²) < 4.78 is 51.6. The van der Waals surface area contributed by atoms with Gasteiger partial charge in [-0.1, -0.05) is 12.1 Å². The molecule has 2 aliphatic rings. The van der Waals surface area contributed by atoms with Crippen molar-refractivity contribution in [2.75, 3.05) is 26.7 Å². The molecule has 2 heterocycles. The number of hydrogen-bond acceptors (Lipinski definition) is 7. The summed E-state index contributed by atoms with van der Waals surface area (Å²) in [6.07, 6.45) is -3.12. The first kappa shape index (κ1) is 32.0. The molecule has 3 unspecified atom stereocenters. The van der Waals surface area contributed by atoms with E-state index in [0.29, 0.717) is 25.1 Å². The molecule has 2 saturated heterocycles. The zero-order valence-electron chi connectivity index (χ0n) is 23.8. The quantitative estimate of drug-likeness (QED) is 0.439. The molecule has 3 amide bonds. The number of nitrogens with one attached hydrogen (secondary N) is 1. The number of methoxy groups -OCH3 is 1.